The van der Waals surface area contributed by atoms with Gasteiger partial charge in [-0.25, -0.2) is 5.43 Å². The van der Waals surface area contributed by atoms with Crippen molar-refractivity contribution in [2.75, 3.05) is 18.2 Å². The number of hydrogen-bond acceptors (Lipinski definition) is 5. The zero-order valence-electron chi connectivity index (χ0n) is 14.8. The minimum absolute atomic E-state index is 0.0567. The third kappa shape index (κ3) is 3.62. The summed E-state index contributed by atoms with van der Waals surface area (Å²) in [5.74, 6) is 0.596. The van der Waals surface area contributed by atoms with Crippen LogP contribution in [0, 0.1) is 12.8 Å². The molecule has 0 aliphatic carbocycles. The molecular weight excluding hydrogens is 346 g/mol. The normalized spacial score (nSPS) is 18.3. The molecule has 2 aromatic carbocycles. The third-order valence-electron chi connectivity index (χ3n) is 4.63. The number of aryl methyl sites for hydroxylation is 1. The van der Waals surface area contributed by atoms with Gasteiger partial charge in [-0.2, -0.15) is 5.10 Å². The summed E-state index contributed by atoms with van der Waals surface area (Å²) in [6.45, 7) is 2.55. The van der Waals surface area contributed by atoms with Gasteiger partial charge in [-0.1, -0.05) is 17.7 Å². The summed E-state index contributed by atoms with van der Waals surface area (Å²) in [6, 6.07) is 13.1. The molecule has 0 unspecified atom stereocenters. The van der Waals surface area contributed by atoms with E-state index in [1.54, 1.807) is 17.0 Å². The molecule has 1 saturated heterocycles. The van der Waals surface area contributed by atoms with Gasteiger partial charge in [0.25, 0.3) is 0 Å². The highest BCUT2D eigenvalue weighted by molar-refractivity contribution is 6.00. The van der Waals surface area contributed by atoms with Crippen LogP contribution in [0.5, 0.6) is 11.5 Å². The summed E-state index contributed by atoms with van der Waals surface area (Å²) in [7, 11) is 0. The van der Waals surface area contributed by atoms with Crippen molar-refractivity contribution in [3.05, 3.63) is 53.6 Å². The first kappa shape index (κ1) is 17.1. The average molecular weight is 365 g/mol. The Bertz CT molecular complexity index is 908. The Morgan fingerprint density at radius 3 is 2.78 bits per heavy atom. The van der Waals surface area contributed by atoms with Gasteiger partial charge in [0.1, 0.15) is 0 Å². The maximum atomic E-state index is 12.4. The number of nitrogens with zero attached hydrogens (tertiary/aromatic N) is 2. The quantitative estimate of drug-likeness (QED) is 0.666. The second kappa shape index (κ2) is 7.11. The smallest absolute Gasteiger partial charge is 0.245 e. The summed E-state index contributed by atoms with van der Waals surface area (Å²) in [6.07, 6.45) is 1.72. The van der Waals surface area contributed by atoms with Crippen LogP contribution >= 0.6 is 0 Å². The molecule has 1 fully saturated rings. The van der Waals surface area contributed by atoms with Crippen molar-refractivity contribution in [2.45, 2.75) is 13.3 Å². The van der Waals surface area contributed by atoms with Crippen LogP contribution in [-0.4, -0.2) is 31.4 Å². The number of hydrazone groups is 1. The predicted molar refractivity (Wildman–Crippen MR) is 99.9 cm³/mol. The Morgan fingerprint density at radius 2 is 1.96 bits per heavy atom. The number of rotatable bonds is 4. The Labute approximate surface area is 156 Å². The second-order valence-electron chi connectivity index (χ2n) is 6.59. The Hall–Kier alpha value is -3.35. The molecule has 2 aliphatic heterocycles. The Kier molecular flexibility index (Phi) is 4.50. The topological polar surface area (TPSA) is 80.2 Å². The van der Waals surface area contributed by atoms with Crippen molar-refractivity contribution >= 4 is 23.7 Å². The maximum Gasteiger partial charge on any atom is 0.245 e. The van der Waals surface area contributed by atoms with Gasteiger partial charge in [0.2, 0.25) is 18.6 Å². The molecule has 4 rings (SSSR count). The molecule has 2 amide bonds. The van der Waals surface area contributed by atoms with Crippen molar-refractivity contribution in [1.29, 1.82) is 0 Å². The maximum absolute atomic E-state index is 12.4. The molecule has 138 valence electrons. The predicted octanol–water partition coefficient (Wildman–Crippen LogP) is 2.23. The Balaban J connectivity index is 1.36. The van der Waals surface area contributed by atoms with Gasteiger partial charge >= 0.3 is 0 Å². The highest BCUT2D eigenvalue weighted by Crippen LogP contribution is 2.32. The van der Waals surface area contributed by atoms with Gasteiger partial charge in [0, 0.05) is 18.7 Å². The lowest BCUT2D eigenvalue weighted by atomic mass is 10.1. The van der Waals surface area contributed by atoms with Crippen molar-refractivity contribution in [3.8, 4) is 11.5 Å². The molecule has 1 N–H and O–H groups in total. The largest absolute Gasteiger partial charge is 0.454 e. The van der Waals surface area contributed by atoms with E-state index in [4.69, 9.17) is 9.47 Å². The number of anilines is 1. The number of nitrogens with one attached hydrogen (secondary N) is 1. The van der Waals surface area contributed by atoms with Crippen molar-refractivity contribution < 1.29 is 19.1 Å². The number of ether oxygens (including phenoxy) is 2. The molecule has 1 atom stereocenters. The lowest BCUT2D eigenvalue weighted by molar-refractivity contribution is -0.126. The molecular formula is C20H19N3O4. The average Bonchev–Trinajstić information content (AvgIpc) is 3.28. The summed E-state index contributed by atoms with van der Waals surface area (Å²) in [5, 5.41) is 4.00. The number of fused-ring (bicyclic) bond motifs is 1. The molecule has 0 radical (unpaired) electrons. The highest BCUT2D eigenvalue weighted by atomic mass is 16.7. The van der Waals surface area contributed by atoms with Crippen LogP contribution in [-0.2, 0) is 9.59 Å². The van der Waals surface area contributed by atoms with E-state index in [0.717, 1.165) is 16.8 Å². The summed E-state index contributed by atoms with van der Waals surface area (Å²) in [5.41, 5.74) is 5.24. The van der Waals surface area contributed by atoms with Crippen LogP contribution in [0.1, 0.15) is 17.5 Å². The van der Waals surface area contributed by atoms with E-state index in [2.05, 4.69) is 10.5 Å². The molecule has 27 heavy (non-hydrogen) atoms. The van der Waals surface area contributed by atoms with Gasteiger partial charge in [0.15, 0.2) is 11.5 Å². The van der Waals surface area contributed by atoms with Gasteiger partial charge < -0.3 is 14.4 Å². The zero-order valence-corrected chi connectivity index (χ0v) is 14.8. The van der Waals surface area contributed by atoms with E-state index in [1.165, 1.54) is 6.21 Å². The fraction of sp³-hybridized carbons (Fsp3) is 0.250. The minimum atomic E-state index is -0.423. The number of amides is 2. The SMILES string of the molecule is Cc1ccc(N2C[C@@H](C(=O)NN=Cc3ccc4c(c3)OCO4)CC2=O)cc1. The second-order valence-corrected chi connectivity index (χ2v) is 6.59. The first-order valence-corrected chi connectivity index (χ1v) is 8.70. The van der Waals surface area contributed by atoms with Gasteiger partial charge in [-0.05, 0) is 42.8 Å². The standard InChI is InChI=1S/C20H19N3O4/c1-13-2-5-16(6-3-13)23-11-15(9-19(23)24)20(25)22-21-10-14-4-7-17-18(8-14)27-12-26-17/h2-8,10,15H,9,11-12H2,1H3,(H,22,25)/t15-/m0/s1. The first-order valence-electron chi connectivity index (χ1n) is 8.70. The minimum Gasteiger partial charge on any atom is -0.454 e. The van der Waals surface area contributed by atoms with Gasteiger partial charge in [0.05, 0.1) is 12.1 Å². The van der Waals surface area contributed by atoms with E-state index >= 15 is 0 Å². The fourth-order valence-corrected chi connectivity index (χ4v) is 3.11. The van der Waals surface area contributed by atoms with Crippen LogP contribution in [0.3, 0.4) is 0 Å². The van der Waals surface area contributed by atoms with Crippen LogP contribution in [0.2, 0.25) is 0 Å². The summed E-state index contributed by atoms with van der Waals surface area (Å²) >= 11 is 0. The molecule has 2 aliphatic rings. The number of carbonyl (C=O) groups excluding carboxylic acids is 2. The number of carbonyl (C=O) groups is 2. The van der Waals surface area contributed by atoms with Crippen LogP contribution in [0.4, 0.5) is 5.69 Å². The van der Waals surface area contributed by atoms with Crippen molar-refractivity contribution in [3.63, 3.8) is 0 Å². The molecule has 7 heteroatoms. The van der Waals surface area contributed by atoms with Gasteiger partial charge in [-0.3, -0.25) is 9.59 Å². The monoisotopic (exact) mass is 365 g/mol. The Morgan fingerprint density at radius 1 is 1.19 bits per heavy atom. The third-order valence-corrected chi connectivity index (χ3v) is 4.63. The number of benzene rings is 2. The van der Waals surface area contributed by atoms with E-state index in [0.29, 0.717) is 18.0 Å². The van der Waals surface area contributed by atoms with Crippen LogP contribution < -0.4 is 19.8 Å². The highest BCUT2D eigenvalue weighted by Gasteiger charge is 2.35. The molecule has 7 nitrogen and oxygen atoms in total. The molecule has 0 aromatic heterocycles. The molecule has 0 saturated carbocycles. The first-order chi connectivity index (χ1) is 13.1. The van der Waals surface area contributed by atoms with E-state index in [9.17, 15) is 9.59 Å². The van der Waals surface area contributed by atoms with E-state index < -0.39 is 5.92 Å². The van der Waals surface area contributed by atoms with Gasteiger partial charge in [-0.15, -0.1) is 0 Å². The zero-order chi connectivity index (χ0) is 18.8. The summed E-state index contributed by atoms with van der Waals surface area (Å²) < 4.78 is 10.6. The molecule has 0 spiro atoms. The van der Waals surface area contributed by atoms with Crippen molar-refractivity contribution in [2.24, 2.45) is 11.0 Å². The van der Waals surface area contributed by atoms with Crippen LogP contribution in [0.15, 0.2) is 47.6 Å². The molecule has 2 heterocycles. The fourth-order valence-electron chi connectivity index (χ4n) is 3.11. The van der Waals surface area contributed by atoms with E-state index in [1.807, 2.05) is 37.3 Å². The lowest BCUT2D eigenvalue weighted by Crippen LogP contribution is -2.30. The van der Waals surface area contributed by atoms with Crippen molar-refractivity contribution in [1.82, 2.24) is 5.43 Å². The van der Waals surface area contributed by atoms with Crippen LogP contribution in [0.25, 0.3) is 0 Å². The molecule has 2 aromatic rings. The molecule has 0 bridgehead atoms. The number of hydrogen-bond donors (Lipinski definition) is 1. The summed E-state index contributed by atoms with van der Waals surface area (Å²) in [4.78, 5) is 26.3. The van der Waals surface area contributed by atoms with E-state index in [-0.39, 0.29) is 25.0 Å². The lowest BCUT2D eigenvalue weighted by Gasteiger charge is -2.16.